The van der Waals surface area contributed by atoms with Crippen molar-refractivity contribution in [1.29, 1.82) is 0 Å². The number of likely N-dealkylation sites (tertiary alicyclic amines) is 1. The summed E-state index contributed by atoms with van der Waals surface area (Å²) >= 11 is 5.73. The summed E-state index contributed by atoms with van der Waals surface area (Å²) in [4.78, 5) is 2.35. The molecule has 0 aromatic heterocycles. The summed E-state index contributed by atoms with van der Waals surface area (Å²) in [5, 5.41) is 3.50. The third kappa shape index (κ3) is 3.18. The van der Waals surface area contributed by atoms with Gasteiger partial charge in [0, 0.05) is 24.7 Å². The van der Waals surface area contributed by atoms with Gasteiger partial charge in [-0.25, -0.2) is 4.39 Å². The number of hydrogen-bond acceptors (Lipinski definition) is 2. The van der Waals surface area contributed by atoms with Crippen LogP contribution in [0.4, 0.5) is 4.39 Å². The molecule has 1 heterocycles. The maximum atomic E-state index is 13.6. The van der Waals surface area contributed by atoms with Gasteiger partial charge >= 0.3 is 0 Å². The van der Waals surface area contributed by atoms with Crippen LogP contribution in [0.1, 0.15) is 18.4 Å². The number of benzene rings is 1. The molecule has 17 heavy (non-hydrogen) atoms. The molecule has 1 aliphatic rings. The van der Waals surface area contributed by atoms with E-state index in [1.54, 1.807) is 18.2 Å². The van der Waals surface area contributed by atoms with Crippen molar-refractivity contribution in [2.45, 2.75) is 25.4 Å². The topological polar surface area (TPSA) is 15.3 Å². The van der Waals surface area contributed by atoms with Gasteiger partial charge in [0.05, 0.1) is 5.02 Å². The molecular formula is C13H18ClFN2. The molecule has 0 radical (unpaired) electrons. The summed E-state index contributed by atoms with van der Waals surface area (Å²) in [6, 6.07) is 5.71. The molecule has 0 saturated carbocycles. The number of nitrogens with one attached hydrogen (secondary N) is 1. The van der Waals surface area contributed by atoms with Crippen molar-refractivity contribution in [3.63, 3.8) is 0 Å². The predicted octanol–water partition coefficient (Wildman–Crippen LogP) is 2.66. The number of likely N-dealkylation sites (N-methyl/N-ethyl adjacent to an activating group) is 1. The molecule has 0 spiro atoms. The Morgan fingerprint density at radius 2 is 2.35 bits per heavy atom. The molecular weight excluding hydrogens is 239 g/mol. The van der Waals surface area contributed by atoms with Crippen molar-refractivity contribution in [2.75, 3.05) is 20.1 Å². The molecule has 0 aliphatic carbocycles. The van der Waals surface area contributed by atoms with Gasteiger partial charge in [-0.2, -0.15) is 0 Å². The molecule has 0 bridgehead atoms. The Kier molecular flexibility index (Phi) is 4.37. The van der Waals surface area contributed by atoms with Crippen molar-refractivity contribution < 1.29 is 4.39 Å². The van der Waals surface area contributed by atoms with E-state index in [4.69, 9.17) is 11.6 Å². The van der Waals surface area contributed by atoms with E-state index in [2.05, 4.69) is 17.3 Å². The van der Waals surface area contributed by atoms with Crippen LogP contribution >= 0.6 is 11.6 Å². The second kappa shape index (κ2) is 5.80. The maximum absolute atomic E-state index is 13.6. The van der Waals surface area contributed by atoms with Crippen molar-refractivity contribution in [1.82, 2.24) is 10.2 Å². The number of hydrogen-bond donors (Lipinski definition) is 1. The average Bonchev–Trinajstić information content (AvgIpc) is 2.71. The van der Waals surface area contributed by atoms with Gasteiger partial charge in [0.1, 0.15) is 5.82 Å². The highest BCUT2D eigenvalue weighted by Crippen LogP contribution is 2.18. The number of nitrogens with zero attached hydrogens (tertiary/aromatic N) is 1. The standard InChI is InChI=1S/C13H18ClFN2/c1-17-7-3-5-11(17)9-16-8-10-4-2-6-12(14)13(10)15/h2,4,6,11,16H,3,5,7-9H2,1H3. The van der Waals surface area contributed by atoms with Gasteiger partial charge in [-0.05, 0) is 32.5 Å². The molecule has 1 atom stereocenters. The lowest BCUT2D eigenvalue weighted by atomic mass is 10.2. The highest BCUT2D eigenvalue weighted by Gasteiger charge is 2.20. The van der Waals surface area contributed by atoms with Crippen LogP contribution in [-0.4, -0.2) is 31.1 Å². The van der Waals surface area contributed by atoms with E-state index in [0.717, 1.165) is 13.1 Å². The molecule has 1 unspecified atom stereocenters. The molecule has 2 rings (SSSR count). The third-order valence-corrected chi connectivity index (χ3v) is 3.69. The van der Waals surface area contributed by atoms with E-state index < -0.39 is 0 Å². The normalized spacial score (nSPS) is 21.0. The molecule has 1 N–H and O–H groups in total. The van der Waals surface area contributed by atoms with Crippen LogP contribution in [0.15, 0.2) is 18.2 Å². The Morgan fingerprint density at radius 3 is 3.06 bits per heavy atom. The van der Waals surface area contributed by atoms with E-state index in [1.807, 2.05) is 0 Å². The van der Waals surface area contributed by atoms with Crippen molar-refractivity contribution in [2.24, 2.45) is 0 Å². The zero-order valence-electron chi connectivity index (χ0n) is 10.0. The molecule has 1 aliphatic heterocycles. The fraction of sp³-hybridized carbons (Fsp3) is 0.538. The van der Waals surface area contributed by atoms with Gasteiger partial charge in [-0.15, -0.1) is 0 Å². The highest BCUT2D eigenvalue weighted by molar-refractivity contribution is 6.30. The van der Waals surface area contributed by atoms with Gasteiger partial charge < -0.3 is 10.2 Å². The van der Waals surface area contributed by atoms with Crippen LogP contribution in [0.2, 0.25) is 5.02 Å². The second-order valence-corrected chi connectivity index (χ2v) is 5.03. The van der Waals surface area contributed by atoms with Crippen LogP contribution in [0.3, 0.4) is 0 Å². The number of rotatable bonds is 4. The van der Waals surface area contributed by atoms with Crippen LogP contribution in [-0.2, 0) is 6.54 Å². The smallest absolute Gasteiger partial charge is 0.146 e. The second-order valence-electron chi connectivity index (χ2n) is 4.62. The minimum absolute atomic E-state index is 0.197. The fourth-order valence-electron chi connectivity index (χ4n) is 2.30. The minimum atomic E-state index is -0.304. The molecule has 1 aromatic rings. The lowest BCUT2D eigenvalue weighted by molar-refractivity contribution is 0.300. The predicted molar refractivity (Wildman–Crippen MR) is 68.8 cm³/mol. The molecule has 0 amide bonds. The zero-order valence-corrected chi connectivity index (χ0v) is 10.8. The van der Waals surface area contributed by atoms with E-state index in [-0.39, 0.29) is 10.8 Å². The van der Waals surface area contributed by atoms with Gasteiger partial charge in [-0.3, -0.25) is 0 Å². The summed E-state index contributed by atoms with van der Waals surface area (Å²) in [5.41, 5.74) is 0.637. The first-order valence-corrected chi connectivity index (χ1v) is 6.40. The Bertz CT molecular complexity index is 384. The summed E-state index contributed by atoms with van der Waals surface area (Å²) in [6.07, 6.45) is 2.48. The van der Waals surface area contributed by atoms with Crippen molar-refractivity contribution in [3.8, 4) is 0 Å². The third-order valence-electron chi connectivity index (χ3n) is 3.40. The largest absolute Gasteiger partial charge is 0.311 e. The zero-order chi connectivity index (χ0) is 12.3. The van der Waals surface area contributed by atoms with Crippen LogP contribution in [0.5, 0.6) is 0 Å². The van der Waals surface area contributed by atoms with E-state index in [0.29, 0.717) is 18.2 Å². The minimum Gasteiger partial charge on any atom is -0.311 e. The Balaban J connectivity index is 1.84. The first-order chi connectivity index (χ1) is 8.18. The Morgan fingerprint density at radius 1 is 1.53 bits per heavy atom. The number of halogens is 2. The SMILES string of the molecule is CN1CCCC1CNCc1cccc(Cl)c1F. The molecule has 1 saturated heterocycles. The van der Waals surface area contributed by atoms with Gasteiger partial charge in [-0.1, -0.05) is 23.7 Å². The lowest BCUT2D eigenvalue weighted by Crippen LogP contribution is -2.35. The van der Waals surface area contributed by atoms with Crippen LogP contribution in [0.25, 0.3) is 0 Å². The van der Waals surface area contributed by atoms with Gasteiger partial charge in [0.2, 0.25) is 0 Å². The van der Waals surface area contributed by atoms with Crippen LogP contribution < -0.4 is 5.32 Å². The van der Waals surface area contributed by atoms with E-state index in [1.165, 1.54) is 12.8 Å². The van der Waals surface area contributed by atoms with Gasteiger partial charge in [0.15, 0.2) is 0 Å². The molecule has 2 nitrogen and oxygen atoms in total. The average molecular weight is 257 g/mol. The van der Waals surface area contributed by atoms with E-state index in [9.17, 15) is 4.39 Å². The molecule has 4 heteroatoms. The monoisotopic (exact) mass is 256 g/mol. The quantitative estimate of drug-likeness (QED) is 0.891. The Labute approximate surface area is 107 Å². The first kappa shape index (κ1) is 12.8. The maximum Gasteiger partial charge on any atom is 0.146 e. The highest BCUT2D eigenvalue weighted by atomic mass is 35.5. The summed E-state index contributed by atoms with van der Waals surface area (Å²) in [6.45, 7) is 2.61. The lowest BCUT2D eigenvalue weighted by Gasteiger charge is -2.19. The molecule has 1 aromatic carbocycles. The van der Waals surface area contributed by atoms with Gasteiger partial charge in [0.25, 0.3) is 0 Å². The summed E-state index contributed by atoms with van der Waals surface area (Å²) < 4.78 is 13.6. The Hall–Kier alpha value is -0.640. The molecule has 94 valence electrons. The summed E-state index contributed by atoms with van der Waals surface area (Å²) in [7, 11) is 2.14. The fourth-order valence-corrected chi connectivity index (χ4v) is 2.49. The van der Waals surface area contributed by atoms with Crippen LogP contribution in [0, 0.1) is 5.82 Å². The van der Waals surface area contributed by atoms with Crippen molar-refractivity contribution in [3.05, 3.63) is 34.6 Å². The summed E-state index contributed by atoms with van der Waals surface area (Å²) in [5.74, 6) is -0.304. The first-order valence-electron chi connectivity index (χ1n) is 6.02. The van der Waals surface area contributed by atoms with Crippen molar-refractivity contribution >= 4 is 11.6 Å². The molecule has 1 fully saturated rings. The van der Waals surface area contributed by atoms with E-state index >= 15 is 0 Å².